The summed E-state index contributed by atoms with van der Waals surface area (Å²) >= 11 is 0. The zero-order valence-electron chi connectivity index (χ0n) is 13.3. The molecular formula is C16H20N4O3S. The Morgan fingerprint density at radius 1 is 1.21 bits per heavy atom. The van der Waals surface area contributed by atoms with Crippen LogP contribution in [0.3, 0.4) is 0 Å². The van der Waals surface area contributed by atoms with Gasteiger partial charge in [0.2, 0.25) is 15.9 Å². The molecule has 1 aliphatic heterocycles. The van der Waals surface area contributed by atoms with E-state index in [1.165, 1.54) is 10.4 Å². The van der Waals surface area contributed by atoms with Crippen molar-refractivity contribution in [3.8, 4) is 0 Å². The largest absolute Gasteiger partial charge is 0.328 e. The summed E-state index contributed by atoms with van der Waals surface area (Å²) in [5.41, 5.74) is 0.471. The normalized spacial score (nSPS) is 16.0. The SMILES string of the molecule is O=C(Cn1ccnc1)Nc1cccc(S(=O)(=O)N2CCCCC2)c1. The van der Waals surface area contributed by atoms with E-state index < -0.39 is 10.0 Å². The molecule has 0 unspecified atom stereocenters. The van der Waals surface area contributed by atoms with Crippen molar-refractivity contribution in [1.82, 2.24) is 13.9 Å². The van der Waals surface area contributed by atoms with Crippen molar-refractivity contribution in [3.63, 3.8) is 0 Å². The maximum absolute atomic E-state index is 12.7. The summed E-state index contributed by atoms with van der Waals surface area (Å²) in [6.45, 7) is 1.24. The molecule has 1 aliphatic rings. The second-order valence-corrected chi connectivity index (χ2v) is 7.71. The van der Waals surface area contributed by atoms with Crippen molar-refractivity contribution in [1.29, 1.82) is 0 Å². The molecule has 0 aliphatic carbocycles. The summed E-state index contributed by atoms with van der Waals surface area (Å²) in [7, 11) is -3.50. The Kier molecular flexibility index (Phi) is 4.96. The number of imidazole rings is 1. The van der Waals surface area contributed by atoms with E-state index in [9.17, 15) is 13.2 Å². The Hall–Kier alpha value is -2.19. The summed E-state index contributed by atoms with van der Waals surface area (Å²) in [5, 5.41) is 2.73. The van der Waals surface area contributed by atoms with Crippen LogP contribution in [-0.4, -0.2) is 41.3 Å². The number of hydrogen-bond acceptors (Lipinski definition) is 4. The summed E-state index contributed by atoms with van der Waals surface area (Å²) in [5.74, 6) is -0.236. The first-order valence-corrected chi connectivity index (χ1v) is 9.35. The van der Waals surface area contributed by atoms with E-state index in [-0.39, 0.29) is 17.3 Å². The van der Waals surface area contributed by atoms with Crippen LogP contribution in [0.4, 0.5) is 5.69 Å². The van der Waals surface area contributed by atoms with Crippen LogP contribution in [-0.2, 0) is 21.4 Å². The highest BCUT2D eigenvalue weighted by atomic mass is 32.2. The van der Waals surface area contributed by atoms with Crippen molar-refractivity contribution >= 4 is 21.6 Å². The number of carbonyl (C=O) groups is 1. The van der Waals surface area contributed by atoms with Crippen LogP contribution < -0.4 is 5.32 Å². The molecule has 7 nitrogen and oxygen atoms in total. The van der Waals surface area contributed by atoms with Crippen LogP contribution in [0.15, 0.2) is 47.9 Å². The number of sulfonamides is 1. The number of amides is 1. The molecule has 1 fully saturated rings. The zero-order valence-corrected chi connectivity index (χ0v) is 14.1. The number of benzene rings is 1. The molecule has 0 saturated carbocycles. The average Bonchev–Trinajstić information content (AvgIpc) is 3.08. The Bertz CT molecular complexity index is 796. The number of hydrogen-bond donors (Lipinski definition) is 1. The Labute approximate surface area is 141 Å². The van der Waals surface area contributed by atoms with Gasteiger partial charge in [-0.15, -0.1) is 0 Å². The molecule has 1 aromatic heterocycles. The molecule has 24 heavy (non-hydrogen) atoms. The van der Waals surface area contributed by atoms with E-state index >= 15 is 0 Å². The minimum Gasteiger partial charge on any atom is -0.328 e. The van der Waals surface area contributed by atoms with E-state index in [1.54, 1.807) is 41.5 Å². The van der Waals surface area contributed by atoms with E-state index in [0.717, 1.165) is 19.3 Å². The molecule has 1 amide bonds. The Balaban J connectivity index is 1.72. The van der Waals surface area contributed by atoms with Crippen molar-refractivity contribution in [2.24, 2.45) is 0 Å². The van der Waals surface area contributed by atoms with Gasteiger partial charge in [0.05, 0.1) is 11.2 Å². The maximum atomic E-state index is 12.7. The number of anilines is 1. The predicted octanol–water partition coefficient (Wildman–Crippen LogP) is 1.70. The second kappa shape index (κ2) is 7.14. The maximum Gasteiger partial charge on any atom is 0.244 e. The number of piperidine rings is 1. The van der Waals surface area contributed by atoms with Gasteiger partial charge >= 0.3 is 0 Å². The first-order valence-electron chi connectivity index (χ1n) is 7.91. The fourth-order valence-electron chi connectivity index (χ4n) is 2.74. The molecule has 8 heteroatoms. The molecule has 2 aromatic rings. The van der Waals surface area contributed by atoms with Gasteiger partial charge in [-0.3, -0.25) is 4.79 Å². The number of aromatic nitrogens is 2. The van der Waals surface area contributed by atoms with Gasteiger partial charge in [0.25, 0.3) is 0 Å². The van der Waals surface area contributed by atoms with Gasteiger partial charge in [0.15, 0.2) is 0 Å². The van der Waals surface area contributed by atoms with Crippen LogP contribution in [0.1, 0.15) is 19.3 Å². The lowest BCUT2D eigenvalue weighted by Crippen LogP contribution is -2.35. The molecule has 0 atom stereocenters. The third-order valence-corrected chi connectivity index (χ3v) is 5.85. The van der Waals surface area contributed by atoms with Gasteiger partial charge in [-0.05, 0) is 31.0 Å². The fraction of sp³-hybridized carbons (Fsp3) is 0.375. The molecule has 0 bridgehead atoms. The number of carbonyl (C=O) groups excluding carboxylic acids is 1. The minimum atomic E-state index is -3.50. The predicted molar refractivity (Wildman–Crippen MR) is 89.9 cm³/mol. The highest BCUT2D eigenvalue weighted by Crippen LogP contribution is 2.22. The van der Waals surface area contributed by atoms with E-state index in [2.05, 4.69) is 10.3 Å². The Morgan fingerprint density at radius 3 is 2.71 bits per heavy atom. The number of nitrogens with one attached hydrogen (secondary N) is 1. The molecule has 1 saturated heterocycles. The monoisotopic (exact) mass is 348 g/mol. The summed E-state index contributed by atoms with van der Waals surface area (Å²) < 4.78 is 28.5. The molecule has 1 N–H and O–H groups in total. The topological polar surface area (TPSA) is 84.3 Å². The lowest BCUT2D eigenvalue weighted by Gasteiger charge is -2.26. The van der Waals surface area contributed by atoms with E-state index in [4.69, 9.17) is 0 Å². The van der Waals surface area contributed by atoms with Gasteiger partial charge < -0.3 is 9.88 Å². The standard InChI is InChI=1S/C16H20N4O3S/c21-16(12-19-10-7-17-13-19)18-14-5-4-6-15(11-14)24(22,23)20-8-2-1-3-9-20/h4-7,10-11,13H,1-3,8-9,12H2,(H,18,21). The van der Waals surface area contributed by atoms with Gasteiger partial charge in [-0.1, -0.05) is 12.5 Å². The smallest absolute Gasteiger partial charge is 0.244 e. The van der Waals surface area contributed by atoms with E-state index in [1.807, 2.05) is 0 Å². The molecule has 1 aromatic carbocycles. The third-order valence-electron chi connectivity index (χ3n) is 3.96. The van der Waals surface area contributed by atoms with Crippen molar-refractivity contribution in [2.45, 2.75) is 30.7 Å². The van der Waals surface area contributed by atoms with Crippen molar-refractivity contribution in [3.05, 3.63) is 43.0 Å². The molecule has 2 heterocycles. The Morgan fingerprint density at radius 2 is 2.00 bits per heavy atom. The highest BCUT2D eigenvalue weighted by Gasteiger charge is 2.26. The van der Waals surface area contributed by atoms with E-state index in [0.29, 0.717) is 18.8 Å². The van der Waals surface area contributed by atoms with Gasteiger partial charge in [-0.2, -0.15) is 4.31 Å². The van der Waals surface area contributed by atoms with Crippen LogP contribution >= 0.6 is 0 Å². The molecule has 0 radical (unpaired) electrons. The summed E-state index contributed by atoms with van der Waals surface area (Å²) in [4.78, 5) is 16.1. The van der Waals surface area contributed by atoms with Crippen LogP contribution in [0.25, 0.3) is 0 Å². The zero-order chi connectivity index (χ0) is 17.0. The fourth-order valence-corrected chi connectivity index (χ4v) is 4.30. The van der Waals surface area contributed by atoms with Crippen LogP contribution in [0, 0.1) is 0 Å². The molecule has 3 rings (SSSR count). The molecule has 128 valence electrons. The van der Waals surface area contributed by atoms with Gasteiger partial charge in [0.1, 0.15) is 6.54 Å². The highest BCUT2D eigenvalue weighted by molar-refractivity contribution is 7.89. The first kappa shape index (κ1) is 16.7. The summed E-state index contributed by atoms with van der Waals surface area (Å²) in [6.07, 6.45) is 7.68. The van der Waals surface area contributed by atoms with Crippen molar-refractivity contribution < 1.29 is 13.2 Å². The van der Waals surface area contributed by atoms with Gasteiger partial charge in [0, 0.05) is 31.2 Å². The minimum absolute atomic E-state index is 0.128. The first-order chi connectivity index (χ1) is 11.6. The second-order valence-electron chi connectivity index (χ2n) is 5.78. The lowest BCUT2D eigenvalue weighted by molar-refractivity contribution is -0.116. The average molecular weight is 348 g/mol. The van der Waals surface area contributed by atoms with Crippen LogP contribution in [0.5, 0.6) is 0 Å². The summed E-state index contributed by atoms with van der Waals surface area (Å²) in [6, 6.07) is 6.40. The quantitative estimate of drug-likeness (QED) is 0.891. The molecule has 0 spiro atoms. The lowest BCUT2D eigenvalue weighted by atomic mass is 10.2. The van der Waals surface area contributed by atoms with Crippen molar-refractivity contribution in [2.75, 3.05) is 18.4 Å². The third kappa shape index (κ3) is 3.82. The van der Waals surface area contributed by atoms with Crippen LogP contribution in [0.2, 0.25) is 0 Å². The number of nitrogens with zero attached hydrogens (tertiary/aromatic N) is 3. The number of rotatable bonds is 5. The van der Waals surface area contributed by atoms with Gasteiger partial charge in [-0.25, -0.2) is 13.4 Å². The molecular weight excluding hydrogens is 328 g/mol.